The molecule has 1 aromatic rings. The minimum atomic E-state index is -1.24. The molecule has 1 rings (SSSR count). The van der Waals surface area contributed by atoms with E-state index in [0.29, 0.717) is 4.47 Å². The maximum absolute atomic E-state index is 14.0. The van der Waals surface area contributed by atoms with Crippen molar-refractivity contribution in [2.45, 2.75) is 52.7 Å². The first kappa shape index (κ1) is 21.1. The SMILES string of the molecule is CC(C)(C)OC(=O)N(C(=O)OC(C)(C)C)C(=O)c1cc(Br)ccc1F. The minimum absolute atomic E-state index is 0.154. The lowest BCUT2D eigenvalue weighted by Gasteiger charge is -2.27. The Morgan fingerprint density at radius 3 is 1.80 bits per heavy atom. The highest BCUT2D eigenvalue weighted by molar-refractivity contribution is 9.10. The Morgan fingerprint density at radius 1 is 0.960 bits per heavy atom. The Hall–Kier alpha value is -1.96. The van der Waals surface area contributed by atoms with Gasteiger partial charge in [0.25, 0.3) is 5.91 Å². The first-order valence-corrected chi connectivity index (χ1v) is 8.26. The summed E-state index contributed by atoms with van der Waals surface area (Å²) in [6.07, 6.45) is -2.49. The first-order chi connectivity index (χ1) is 11.2. The number of halogens is 2. The summed E-state index contributed by atoms with van der Waals surface area (Å²) in [5, 5.41) is 0. The van der Waals surface area contributed by atoms with E-state index in [1.54, 1.807) is 41.5 Å². The Morgan fingerprint density at radius 2 is 1.40 bits per heavy atom. The molecule has 138 valence electrons. The Bertz CT molecular complexity index is 663. The molecule has 0 heterocycles. The number of imide groups is 3. The molecule has 0 fully saturated rings. The second-order valence-electron chi connectivity index (χ2n) is 7.23. The van der Waals surface area contributed by atoms with Gasteiger partial charge in [0.2, 0.25) is 0 Å². The molecule has 0 aromatic heterocycles. The minimum Gasteiger partial charge on any atom is -0.443 e. The number of ether oxygens (including phenoxy) is 2. The topological polar surface area (TPSA) is 72.9 Å². The molecule has 0 bridgehead atoms. The van der Waals surface area contributed by atoms with Gasteiger partial charge >= 0.3 is 12.2 Å². The summed E-state index contributed by atoms with van der Waals surface area (Å²) in [6.45, 7) is 9.43. The van der Waals surface area contributed by atoms with E-state index in [1.165, 1.54) is 12.1 Å². The predicted molar refractivity (Wildman–Crippen MR) is 92.7 cm³/mol. The number of nitrogens with zero attached hydrogens (tertiary/aromatic N) is 1. The fourth-order valence-electron chi connectivity index (χ4n) is 1.64. The predicted octanol–water partition coefficient (Wildman–Crippen LogP) is 4.90. The van der Waals surface area contributed by atoms with Crippen LogP contribution >= 0.6 is 15.9 Å². The van der Waals surface area contributed by atoms with Crippen LogP contribution in [0.5, 0.6) is 0 Å². The van der Waals surface area contributed by atoms with Crippen LogP contribution < -0.4 is 0 Å². The molecule has 0 spiro atoms. The Kier molecular flexibility index (Phi) is 6.33. The van der Waals surface area contributed by atoms with Crippen molar-refractivity contribution < 1.29 is 28.2 Å². The molecule has 0 saturated carbocycles. The van der Waals surface area contributed by atoms with Crippen LogP contribution in [0, 0.1) is 5.82 Å². The smallest absolute Gasteiger partial charge is 0.427 e. The van der Waals surface area contributed by atoms with Crippen LogP contribution in [0.3, 0.4) is 0 Å². The number of carbonyl (C=O) groups excluding carboxylic acids is 3. The number of rotatable bonds is 1. The van der Waals surface area contributed by atoms with Crippen molar-refractivity contribution in [2.75, 3.05) is 0 Å². The molecule has 6 nitrogen and oxygen atoms in total. The molecule has 1 aromatic carbocycles. The molecular weight excluding hydrogens is 397 g/mol. The van der Waals surface area contributed by atoms with Gasteiger partial charge in [-0.05, 0) is 59.7 Å². The highest BCUT2D eigenvalue weighted by Gasteiger charge is 2.37. The van der Waals surface area contributed by atoms with Gasteiger partial charge in [0.15, 0.2) is 0 Å². The highest BCUT2D eigenvalue weighted by Crippen LogP contribution is 2.21. The summed E-state index contributed by atoms with van der Waals surface area (Å²) in [6, 6.07) is 3.59. The fourth-order valence-corrected chi connectivity index (χ4v) is 2.00. The van der Waals surface area contributed by atoms with Crippen molar-refractivity contribution >= 4 is 34.0 Å². The van der Waals surface area contributed by atoms with Gasteiger partial charge in [-0.2, -0.15) is 0 Å². The standard InChI is InChI=1S/C17H21BrFNO5/c1-16(2,3)24-14(22)20(15(23)25-17(4,5)6)13(21)11-9-10(18)7-8-12(11)19/h7-9H,1-6H3. The molecule has 0 aliphatic heterocycles. The molecular formula is C17H21BrFNO5. The van der Waals surface area contributed by atoms with Crippen molar-refractivity contribution in [3.05, 3.63) is 34.1 Å². The lowest BCUT2D eigenvalue weighted by molar-refractivity contribution is 0.00389. The number of hydrogen-bond donors (Lipinski definition) is 0. The van der Waals surface area contributed by atoms with Crippen LogP contribution in [0.2, 0.25) is 0 Å². The van der Waals surface area contributed by atoms with Crippen LogP contribution in [0.1, 0.15) is 51.9 Å². The molecule has 0 aliphatic carbocycles. The van der Waals surface area contributed by atoms with Gasteiger partial charge in [-0.1, -0.05) is 15.9 Å². The molecule has 3 amide bonds. The van der Waals surface area contributed by atoms with Crippen molar-refractivity contribution in [3.8, 4) is 0 Å². The molecule has 0 N–H and O–H groups in total. The molecule has 0 unspecified atom stereocenters. The zero-order chi connectivity index (χ0) is 19.6. The Labute approximate surface area is 154 Å². The van der Waals surface area contributed by atoms with Gasteiger partial charge in [0.1, 0.15) is 17.0 Å². The summed E-state index contributed by atoms with van der Waals surface area (Å²) >= 11 is 3.12. The first-order valence-electron chi connectivity index (χ1n) is 7.47. The van der Waals surface area contributed by atoms with E-state index in [4.69, 9.17) is 9.47 Å². The zero-order valence-corrected chi connectivity index (χ0v) is 16.6. The summed E-state index contributed by atoms with van der Waals surface area (Å²) in [5.74, 6) is -2.06. The highest BCUT2D eigenvalue weighted by atomic mass is 79.9. The Balaban J connectivity index is 3.30. The van der Waals surface area contributed by atoms with Crippen LogP contribution in [-0.4, -0.2) is 34.2 Å². The van der Waals surface area contributed by atoms with Crippen LogP contribution in [-0.2, 0) is 9.47 Å². The van der Waals surface area contributed by atoms with Crippen molar-refractivity contribution in [1.29, 1.82) is 0 Å². The van der Waals surface area contributed by atoms with Crippen LogP contribution in [0.15, 0.2) is 22.7 Å². The van der Waals surface area contributed by atoms with Gasteiger partial charge < -0.3 is 9.47 Å². The average molecular weight is 418 g/mol. The van der Waals surface area contributed by atoms with Gasteiger partial charge in [0, 0.05) is 4.47 Å². The van der Waals surface area contributed by atoms with Crippen LogP contribution in [0.4, 0.5) is 14.0 Å². The van der Waals surface area contributed by atoms with Gasteiger partial charge in [-0.3, -0.25) is 4.79 Å². The van der Waals surface area contributed by atoms with E-state index >= 15 is 0 Å². The third kappa shape index (κ3) is 6.45. The number of benzene rings is 1. The van der Waals surface area contributed by atoms with E-state index < -0.39 is 40.7 Å². The maximum Gasteiger partial charge on any atom is 0.427 e. The van der Waals surface area contributed by atoms with E-state index in [1.807, 2.05) is 0 Å². The second-order valence-corrected chi connectivity index (χ2v) is 8.14. The van der Waals surface area contributed by atoms with E-state index in [9.17, 15) is 18.8 Å². The summed E-state index contributed by atoms with van der Waals surface area (Å²) in [5.41, 5.74) is -2.40. The summed E-state index contributed by atoms with van der Waals surface area (Å²) in [7, 11) is 0. The van der Waals surface area contributed by atoms with Gasteiger partial charge in [0.05, 0.1) is 5.56 Å². The van der Waals surface area contributed by atoms with Crippen molar-refractivity contribution in [1.82, 2.24) is 4.90 Å². The van der Waals surface area contributed by atoms with E-state index in [-0.39, 0.29) is 4.90 Å². The number of amides is 3. The normalized spacial score (nSPS) is 11.7. The van der Waals surface area contributed by atoms with Crippen molar-refractivity contribution in [3.63, 3.8) is 0 Å². The van der Waals surface area contributed by atoms with E-state index in [0.717, 1.165) is 6.07 Å². The average Bonchev–Trinajstić information content (AvgIpc) is 2.37. The van der Waals surface area contributed by atoms with Crippen molar-refractivity contribution in [2.24, 2.45) is 0 Å². The zero-order valence-electron chi connectivity index (χ0n) is 15.0. The lowest BCUT2D eigenvalue weighted by atomic mass is 10.2. The quantitative estimate of drug-likeness (QED) is 0.649. The van der Waals surface area contributed by atoms with Gasteiger partial charge in [-0.25, -0.2) is 14.0 Å². The molecule has 0 saturated heterocycles. The van der Waals surface area contributed by atoms with Crippen LogP contribution in [0.25, 0.3) is 0 Å². The summed E-state index contributed by atoms with van der Waals surface area (Å²) in [4.78, 5) is 37.5. The largest absolute Gasteiger partial charge is 0.443 e. The molecule has 0 aliphatic rings. The lowest BCUT2D eigenvalue weighted by Crippen LogP contribution is -2.47. The molecule has 0 atom stereocenters. The van der Waals surface area contributed by atoms with Gasteiger partial charge in [-0.15, -0.1) is 4.90 Å². The van der Waals surface area contributed by atoms with E-state index in [2.05, 4.69) is 15.9 Å². The second kappa shape index (κ2) is 7.51. The molecule has 8 heteroatoms. The summed E-state index contributed by atoms with van der Waals surface area (Å²) < 4.78 is 24.6. The number of hydrogen-bond acceptors (Lipinski definition) is 5. The molecule has 25 heavy (non-hydrogen) atoms. The third-order valence-corrected chi connectivity index (χ3v) is 3.01. The third-order valence-electron chi connectivity index (χ3n) is 2.51. The fraction of sp³-hybridized carbons (Fsp3) is 0.471. The monoisotopic (exact) mass is 417 g/mol. The maximum atomic E-state index is 14.0. The number of carbonyl (C=O) groups is 3. The molecule has 0 radical (unpaired) electrons.